The van der Waals surface area contributed by atoms with Crippen LogP contribution in [0.1, 0.15) is 23.3 Å². The van der Waals surface area contributed by atoms with Crippen molar-refractivity contribution < 1.29 is 23.7 Å². The van der Waals surface area contributed by atoms with Gasteiger partial charge in [-0.3, -0.25) is 4.79 Å². The largest absolute Gasteiger partial charge is 0.497 e. The summed E-state index contributed by atoms with van der Waals surface area (Å²) < 4.78 is 22.1. The van der Waals surface area contributed by atoms with E-state index in [1.54, 1.807) is 44.7 Å². The molecule has 1 N–H and O–H groups in total. The van der Waals surface area contributed by atoms with Gasteiger partial charge < -0.3 is 29.2 Å². The Morgan fingerprint density at radius 1 is 1.10 bits per heavy atom. The van der Waals surface area contributed by atoms with Crippen molar-refractivity contribution in [3.05, 3.63) is 42.2 Å². The fourth-order valence-corrected chi connectivity index (χ4v) is 3.70. The molecule has 0 aliphatic carbocycles. The Kier molecular flexibility index (Phi) is 5.55. The Balaban J connectivity index is 1.41. The summed E-state index contributed by atoms with van der Waals surface area (Å²) in [5.74, 6) is 0.463. The van der Waals surface area contributed by atoms with Crippen LogP contribution in [0.3, 0.4) is 0 Å². The number of aromatic nitrogens is 1. The lowest BCUT2D eigenvalue weighted by Gasteiger charge is -2.38. The van der Waals surface area contributed by atoms with Gasteiger partial charge in [-0.15, -0.1) is 0 Å². The van der Waals surface area contributed by atoms with Crippen LogP contribution in [0.15, 0.2) is 36.5 Å². The van der Waals surface area contributed by atoms with Gasteiger partial charge in [0.05, 0.1) is 45.0 Å². The van der Waals surface area contributed by atoms with Crippen LogP contribution in [-0.2, 0) is 9.47 Å². The Morgan fingerprint density at radius 2 is 1.86 bits per heavy atom. The first-order valence-electron chi connectivity index (χ1n) is 9.65. The number of pyridine rings is 1. The Bertz CT molecular complexity index is 855. The molecule has 2 aliphatic heterocycles. The molecule has 2 aliphatic rings. The molecule has 0 radical (unpaired) electrons. The van der Waals surface area contributed by atoms with Crippen molar-refractivity contribution in [1.29, 1.82) is 0 Å². The number of hydrogen-bond donors (Lipinski definition) is 1. The number of methoxy groups -OCH3 is 2. The van der Waals surface area contributed by atoms with Gasteiger partial charge in [-0.05, 0) is 24.3 Å². The quantitative estimate of drug-likeness (QED) is 0.828. The van der Waals surface area contributed by atoms with E-state index in [1.807, 2.05) is 6.07 Å². The molecule has 1 spiro atoms. The highest BCUT2D eigenvalue weighted by molar-refractivity contribution is 6.03. The van der Waals surface area contributed by atoms with E-state index in [2.05, 4.69) is 15.2 Å². The zero-order valence-electron chi connectivity index (χ0n) is 16.6. The van der Waals surface area contributed by atoms with Crippen LogP contribution in [0.25, 0.3) is 0 Å². The topological polar surface area (TPSA) is 82.2 Å². The molecule has 0 bridgehead atoms. The zero-order chi connectivity index (χ0) is 20.3. The van der Waals surface area contributed by atoms with E-state index in [9.17, 15) is 4.79 Å². The normalized spacial score (nSPS) is 17.9. The van der Waals surface area contributed by atoms with Crippen molar-refractivity contribution in [2.24, 2.45) is 0 Å². The zero-order valence-corrected chi connectivity index (χ0v) is 16.6. The van der Waals surface area contributed by atoms with Crippen LogP contribution in [0.5, 0.6) is 11.5 Å². The van der Waals surface area contributed by atoms with Gasteiger partial charge in [0.25, 0.3) is 5.91 Å². The highest BCUT2D eigenvalue weighted by Crippen LogP contribution is 2.33. The summed E-state index contributed by atoms with van der Waals surface area (Å²) in [5.41, 5.74) is 1.84. The minimum Gasteiger partial charge on any atom is -0.497 e. The number of hydrogen-bond acceptors (Lipinski definition) is 7. The summed E-state index contributed by atoms with van der Waals surface area (Å²) in [6.07, 6.45) is 3.38. The molecule has 1 amide bonds. The van der Waals surface area contributed by atoms with Crippen LogP contribution in [0.2, 0.25) is 0 Å². The first-order chi connectivity index (χ1) is 14.1. The van der Waals surface area contributed by atoms with Crippen molar-refractivity contribution in [3.8, 4) is 11.5 Å². The first-order valence-corrected chi connectivity index (χ1v) is 9.65. The summed E-state index contributed by atoms with van der Waals surface area (Å²) in [4.78, 5) is 19.2. The van der Waals surface area contributed by atoms with Crippen LogP contribution in [-0.4, -0.2) is 57.2 Å². The van der Waals surface area contributed by atoms with Gasteiger partial charge in [0.2, 0.25) is 0 Å². The molecular formula is C21H25N3O5. The molecule has 0 atom stereocenters. The third kappa shape index (κ3) is 4.13. The second kappa shape index (κ2) is 8.26. The molecule has 2 saturated heterocycles. The lowest BCUT2D eigenvalue weighted by atomic mass is 10.0. The number of benzene rings is 1. The predicted molar refractivity (Wildman–Crippen MR) is 108 cm³/mol. The van der Waals surface area contributed by atoms with E-state index >= 15 is 0 Å². The van der Waals surface area contributed by atoms with Crippen LogP contribution < -0.4 is 19.7 Å². The average Bonchev–Trinajstić information content (AvgIpc) is 3.22. The number of piperidine rings is 1. The van der Waals surface area contributed by atoms with Crippen molar-refractivity contribution in [2.45, 2.75) is 18.6 Å². The van der Waals surface area contributed by atoms with Crippen LogP contribution >= 0.6 is 0 Å². The van der Waals surface area contributed by atoms with E-state index in [-0.39, 0.29) is 5.91 Å². The summed E-state index contributed by atoms with van der Waals surface area (Å²) in [6.45, 7) is 3.00. The maximum Gasteiger partial charge on any atom is 0.274 e. The second-order valence-corrected chi connectivity index (χ2v) is 7.02. The van der Waals surface area contributed by atoms with Gasteiger partial charge >= 0.3 is 0 Å². The molecule has 3 heterocycles. The van der Waals surface area contributed by atoms with E-state index in [1.165, 1.54) is 0 Å². The molecule has 8 heteroatoms. The second-order valence-electron chi connectivity index (χ2n) is 7.02. The lowest BCUT2D eigenvalue weighted by molar-refractivity contribution is -0.169. The van der Waals surface area contributed by atoms with Gasteiger partial charge in [0, 0.05) is 32.0 Å². The third-order valence-corrected chi connectivity index (χ3v) is 5.34. The minimum atomic E-state index is -0.403. The van der Waals surface area contributed by atoms with Gasteiger partial charge in [0.15, 0.2) is 5.79 Å². The molecule has 2 aromatic rings. The standard InChI is InChI=1S/C21H25N3O5/c1-26-16-4-6-19(27-2)18(13-16)23-20(25)17-5-3-15(14-22-17)24-9-7-21(8-10-24)28-11-12-29-21/h3-6,13-14H,7-12H2,1-2H3,(H,23,25). The Hall–Kier alpha value is -2.84. The number of carbonyl (C=O) groups excluding carboxylic acids is 1. The number of amides is 1. The molecule has 2 fully saturated rings. The average molecular weight is 399 g/mol. The fraction of sp³-hybridized carbons (Fsp3) is 0.429. The molecule has 0 saturated carbocycles. The molecule has 4 rings (SSSR count). The van der Waals surface area contributed by atoms with E-state index in [0.717, 1.165) is 31.6 Å². The maximum atomic E-state index is 12.6. The van der Waals surface area contributed by atoms with Crippen LogP contribution in [0.4, 0.5) is 11.4 Å². The molecule has 29 heavy (non-hydrogen) atoms. The van der Waals surface area contributed by atoms with Crippen molar-refractivity contribution in [3.63, 3.8) is 0 Å². The monoisotopic (exact) mass is 399 g/mol. The smallest absolute Gasteiger partial charge is 0.274 e. The number of ether oxygens (including phenoxy) is 4. The lowest BCUT2D eigenvalue weighted by Crippen LogP contribution is -2.45. The van der Waals surface area contributed by atoms with Crippen molar-refractivity contribution >= 4 is 17.3 Å². The highest BCUT2D eigenvalue weighted by Gasteiger charge is 2.39. The summed E-state index contributed by atoms with van der Waals surface area (Å²) in [6, 6.07) is 8.86. The van der Waals surface area contributed by atoms with E-state index in [0.29, 0.717) is 36.1 Å². The highest BCUT2D eigenvalue weighted by atomic mass is 16.7. The number of rotatable bonds is 5. The Labute approximate surface area is 169 Å². The first kappa shape index (κ1) is 19.5. The predicted octanol–water partition coefficient (Wildman–Crippen LogP) is 2.69. The van der Waals surface area contributed by atoms with Gasteiger partial charge in [-0.1, -0.05) is 0 Å². The maximum absolute atomic E-state index is 12.6. The SMILES string of the molecule is COc1ccc(OC)c(NC(=O)c2ccc(N3CCC4(CC3)OCCO4)cn2)c1. The molecule has 154 valence electrons. The molecule has 1 aromatic heterocycles. The van der Waals surface area contributed by atoms with Gasteiger partial charge in [-0.25, -0.2) is 4.98 Å². The Morgan fingerprint density at radius 3 is 2.48 bits per heavy atom. The van der Waals surface area contributed by atoms with Gasteiger partial charge in [-0.2, -0.15) is 0 Å². The van der Waals surface area contributed by atoms with Gasteiger partial charge in [0.1, 0.15) is 17.2 Å². The van der Waals surface area contributed by atoms with Crippen molar-refractivity contribution in [1.82, 2.24) is 4.98 Å². The van der Waals surface area contributed by atoms with Crippen molar-refractivity contribution in [2.75, 3.05) is 50.7 Å². The van der Waals surface area contributed by atoms with Crippen LogP contribution in [0, 0.1) is 0 Å². The molecule has 1 aromatic carbocycles. The molecule has 0 unspecified atom stereocenters. The molecule has 8 nitrogen and oxygen atoms in total. The summed E-state index contributed by atoms with van der Waals surface area (Å²) in [7, 11) is 3.12. The minimum absolute atomic E-state index is 0.312. The summed E-state index contributed by atoms with van der Waals surface area (Å²) >= 11 is 0. The fourth-order valence-electron chi connectivity index (χ4n) is 3.70. The van der Waals surface area contributed by atoms with E-state index < -0.39 is 5.79 Å². The molecular weight excluding hydrogens is 374 g/mol. The number of carbonyl (C=O) groups is 1. The number of anilines is 2. The number of nitrogens with zero attached hydrogens (tertiary/aromatic N) is 2. The number of nitrogens with one attached hydrogen (secondary N) is 1. The third-order valence-electron chi connectivity index (χ3n) is 5.34. The van der Waals surface area contributed by atoms with E-state index in [4.69, 9.17) is 18.9 Å². The summed E-state index contributed by atoms with van der Waals surface area (Å²) in [5, 5.41) is 2.83.